The van der Waals surface area contributed by atoms with Crippen LogP contribution in [0.3, 0.4) is 0 Å². The van der Waals surface area contributed by atoms with E-state index in [2.05, 4.69) is 17.1 Å². The van der Waals surface area contributed by atoms with E-state index in [-0.39, 0.29) is 29.7 Å². The van der Waals surface area contributed by atoms with Crippen LogP contribution in [0.1, 0.15) is 68.5 Å². The van der Waals surface area contributed by atoms with E-state index in [0.717, 1.165) is 37.5 Å². The van der Waals surface area contributed by atoms with Gasteiger partial charge in [-0.25, -0.2) is 0 Å². The number of amidine groups is 1. The molecule has 0 amide bonds. The Hall–Kier alpha value is -3.83. The van der Waals surface area contributed by atoms with Crippen molar-refractivity contribution in [2.75, 3.05) is 6.61 Å². The van der Waals surface area contributed by atoms with Gasteiger partial charge in [0.05, 0.1) is 17.0 Å². The van der Waals surface area contributed by atoms with Crippen molar-refractivity contribution in [3.05, 3.63) is 71.1 Å². The first-order chi connectivity index (χ1) is 18.2. The largest absolute Gasteiger partial charge is 0.489 e. The smallest absolute Gasteiger partial charge is 0.419 e. The Morgan fingerprint density at radius 3 is 2.28 bits per heavy atom. The Morgan fingerprint density at radius 1 is 1.08 bits per heavy atom. The Kier molecular flexibility index (Phi) is 11.1. The Morgan fingerprint density at radius 2 is 1.72 bits per heavy atom. The van der Waals surface area contributed by atoms with Crippen LogP contribution in [0.25, 0.3) is 17.5 Å². The van der Waals surface area contributed by atoms with Crippen LogP contribution in [0.4, 0.5) is 26.3 Å². The number of unbranched alkanes of at least 4 members (excludes halogenated alkanes) is 1. The van der Waals surface area contributed by atoms with E-state index in [1.807, 2.05) is 6.92 Å². The second kappa shape index (κ2) is 13.8. The summed E-state index contributed by atoms with van der Waals surface area (Å²) in [6.07, 6.45) is -3.45. The van der Waals surface area contributed by atoms with Crippen molar-refractivity contribution >= 4 is 11.9 Å². The second-order valence-electron chi connectivity index (χ2n) is 8.72. The summed E-state index contributed by atoms with van der Waals surface area (Å²) in [5, 5.41) is 10.1. The number of nitrogens with one attached hydrogen (secondary N) is 1. The third-order valence-corrected chi connectivity index (χ3v) is 5.28. The van der Waals surface area contributed by atoms with Gasteiger partial charge in [0.2, 0.25) is 11.7 Å². The van der Waals surface area contributed by atoms with Crippen LogP contribution in [-0.4, -0.2) is 22.6 Å². The lowest BCUT2D eigenvalue weighted by Gasteiger charge is -2.14. The molecule has 0 saturated heterocycles. The maximum Gasteiger partial charge on any atom is 0.419 e. The SMILES string of the molecule is CC(=N)N.CCCC[C@H](C)c1nc(-c2ccc(OC/C=C/c3ccc(C(F)(F)F)cc3)c(C(F)(F)F)c2)no1. The third kappa shape index (κ3) is 10.1. The van der Waals surface area contributed by atoms with E-state index < -0.39 is 29.2 Å². The molecule has 12 heteroatoms. The molecule has 0 aliphatic rings. The van der Waals surface area contributed by atoms with Crippen molar-refractivity contribution < 1.29 is 35.6 Å². The van der Waals surface area contributed by atoms with Crippen LogP contribution in [0.2, 0.25) is 0 Å². The van der Waals surface area contributed by atoms with Crippen molar-refractivity contribution in [1.82, 2.24) is 10.1 Å². The molecule has 0 aliphatic carbocycles. The number of nitrogens with zero attached hydrogens (tertiary/aromatic N) is 2. The Bertz CT molecular complexity index is 1230. The van der Waals surface area contributed by atoms with Crippen molar-refractivity contribution in [1.29, 1.82) is 5.41 Å². The standard InChI is InChI=1S/C25H24F6N2O2.C2H6N2/c1-3-4-6-16(2)23-32-22(33-35-23)18-10-13-21(20(15-18)25(29,30)31)34-14-5-7-17-8-11-19(12-9-17)24(26,27)28;1-2(3)4/h5,7-13,15-16H,3-4,6,14H2,1-2H3;1H3,(H3,3,4)/b7-5+;/t16-;/m0./s1. The molecular formula is C27H30F6N4O2. The van der Waals surface area contributed by atoms with Gasteiger partial charge in [0.1, 0.15) is 12.4 Å². The van der Waals surface area contributed by atoms with Crippen molar-refractivity contribution in [2.45, 2.75) is 58.3 Å². The van der Waals surface area contributed by atoms with Crippen molar-refractivity contribution in [3.8, 4) is 17.1 Å². The fraction of sp³-hybridized carbons (Fsp3) is 0.370. The minimum Gasteiger partial charge on any atom is -0.489 e. The van der Waals surface area contributed by atoms with Gasteiger partial charge in [0, 0.05) is 11.5 Å². The quantitative estimate of drug-likeness (QED) is 0.158. The molecule has 0 spiro atoms. The number of nitrogens with two attached hydrogens (primary N) is 1. The van der Waals surface area contributed by atoms with Gasteiger partial charge < -0.3 is 15.0 Å². The second-order valence-corrected chi connectivity index (χ2v) is 8.72. The predicted molar refractivity (Wildman–Crippen MR) is 136 cm³/mol. The Labute approximate surface area is 222 Å². The molecule has 0 fully saturated rings. The molecule has 0 unspecified atom stereocenters. The first kappa shape index (κ1) is 31.4. The average Bonchev–Trinajstić information content (AvgIpc) is 3.34. The lowest BCUT2D eigenvalue weighted by molar-refractivity contribution is -0.139. The summed E-state index contributed by atoms with van der Waals surface area (Å²) in [7, 11) is 0. The van der Waals surface area contributed by atoms with Crippen LogP contribution in [-0.2, 0) is 12.4 Å². The number of alkyl halides is 6. The zero-order chi connectivity index (χ0) is 29.2. The molecule has 6 nitrogen and oxygen atoms in total. The van der Waals surface area contributed by atoms with Gasteiger partial charge in [-0.3, -0.25) is 5.41 Å². The number of hydrogen-bond donors (Lipinski definition) is 2. The summed E-state index contributed by atoms with van der Waals surface area (Å²) >= 11 is 0. The van der Waals surface area contributed by atoms with E-state index in [1.165, 1.54) is 43.3 Å². The molecule has 3 N–H and O–H groups in total. The van der Waals surface area contributed by atoms with Gasteiger partial charge in [0.25, 0.3) is 0 Å². The predicted octanol–water partition coefficient (Wildman–Crippen LogP) is 8.10. The first-order valence-electron chi connectivity index (χ1n) is 12.0. The fourth-order valence-corrected chi connectivity index (χ4v) is 3.31. The van der Waals surface area contributed by atoms with E-state index >= 15 is 0 Å². The lowest BCUT2D eigenvalue weighted by Crippen LogP contribution is -2.09. The van der Waals surface area contributed by atoms with E-state index in [1.54, 1.807) is 0 Å². The van der Waals surface area contributed by atoms with Crippen molar-refractivity contribution in [3.63, 3.8) is 0 Å². The first-order valence-corrected chi connectivity index (χ1v) is 12.0. The molecule has 1 heterocycles. The topological polar surface area (TPSA) is 98.0 Å². The molecule has 0 saturated carbocycles. The molecule has 1 aromatic heterocycles. The Balaban J connectivity index is 0.00000124. The maximum atomic E-state index is 13.7. The lowest BCUT2D eigenvalue weighted by atomic mass is 10.0. The molecule has 39 heavy (non-hydrogen) atoms. The zero-order valence-electron chi connectivity index (χ0n) is 21.7. The highest BCUT2D eigenvalue weighted by Crippen LogP contribution is 2.38. The summed E-state index contributed by atoms with van der Waals surface area (Å²) in [5.41, 5.74) is 3.50. The molecule has 0 radical (unpaired) electrons. The molecule has 1 atom stereocenters. The molecule has 3 aromatic rings. The minimum absolute atomic E-state index is 0.00246. The monoisotopic (exact) mass is 556 g/mol. The summed E-state index contributed by atoms with van der Waals surface area (Å²) in [6, 6.07) is 7.87. The van der Waals surface area contributed by atoms with Gasteiger partial charge in [-0.05, 0) is 55.3 Å². The molecule has 0 aliphatic heterocycles. The maximum absolute atomic E-state index is 13.7. The van der Waals surface area contributed by atoms with Crippen LogP contribution < -0.4 is 10.5 Å². The van der Waals surface area contributed by atoms with Gasteiger partial charge in [-0.15, -0.1) is 0 Å². The van der Waals surface area contributed by atoms with E-state index in [0.29, 0.717) is 11.5 Å². The van der Waals surface area contributed by atoms with Crippen LogP contribution in [0.15, 0.2) is 53.1 Å². The number of aromatic nitrogens is 2. The van der Waals surface area contributed by atoms with E-state index in [4.69, 9.17) is 20.4 Å². The highest BCUT2D eigenvalue weighted by Gasteiger charge is 2.35. The summed E-state index contributed by atoms with van der Waals surface area (Å²) in [5.74, 6) is 0.203. The highest BCUT2D eigenvalue weighted by molar-refractivity contribution is 5.73. The van der Waals surface area contributed by atoms with Crippen molar-refractivity contribution in [2.24, 2.45) is 5.73 Å². The summed E-state index contributed by atoms with van der Waals surface area (Å²) in [6.45, 7) is 5.28. The summed E-state index contributed by atoms with van der Waals surface area (Å²) in [4.78, 5) is 4.25. The normalized spacial score (nSPS) is 12.6. The van der Waals surface area contributed by atoms with Gasteiger partial charge >= 0.3 is 12.4 Å². The van der Waals surface area contributed by atoms with Gasteiger partial charge in [-0.1, -0.05) is 50.1 Å². The van der Waals surface area contributed by atoms with Gasteiger partial charge in [-0.2, -0.15) is 31.3 Å². The number of halogens is 6. The van der Waals surface area contributed by atoms with E-state index in [9.17, 15) is 26.3 Å². The average molecular weight is 557 g/mol. The molecular weight excluding hydrogens is 526 g/mol. The molecule has 212 valence electrons. The highest BCUT2D eigenvalue weighted by atomic mass is 19.4. The number of rotatable bonds is 9. The number of ether oxygens (including phenoxy) is 1. The van der Waals surface area contributed by atoms with Gasteiger partial charge in [0.15, 0.2) is 0 Å². The van der Waals surface area contributed by atoms with Crippen LogP contribution >= 0.6 is 0 Å². The zero-order valence-corrected chi connectivity index (χ0v) is 21.7. The summed E-state index contributed by atoms with van der Waals surface area (Å²) < 4.78 is 89.4. The number of benzene rings is 2. The minimum atomic E-state index is -4.69. The van der Waals surface area contributed by atoms with Crippen LogP contribution in [0.5, 0.6) is 5.75 Å². The fourth-order valence-electron chi connectivity index (χ4n) is 3.31. The molecule has 3 rings (SSSR count). The third-order valence-electron chi connectivity index (χ3n) is 5.28. The number of hydrogen-bond acceptors (Lipinski definition) is 5. The molecule has 2 aromatic carbocycles. The molecule has 0 bridgehead atoms. The van der Waals surface area contributed by atoms with Crippen LogP contribution in [0, 0.1) is 5.41 Å².